The number of anilines is 1. The van der Waals surface area contributed by atoms with Crippen LogP contribution in [0.15, 0.2) is 26.2 Å². The van der Waals surface area contributed by atoms with Crippen molar-refractivity contribution in [3.05, 3.63) is 27.7 Å². The minimum absolute atomic E-state index is 0.151. The molecule has 96 valence electrons. The number of sulfonamides is 1. The molecule has 2 heterocycles. The number of hydrogen-bond acceptors (Lipinski definition) is 6. The second-order valence-corrected chi connectivity index (χ2v) is 6.12. The molecule has 2 rings (SSSR count). The molecule has 10 heteroatoms. The van der Waals surface area contributed by atoms with E-state index in [9.17, 15) is 8.42 Å². The van der Waals surface area contributed by atoms with Gasteiger partial charge in [-0.05, 0) is 28.9 Å². The topological polar surface area (TPSA) is 98.0 Å². The third-order valence-electron chi connectivity index (χ3n) is 1.81. The van der Waals surface area contributed by atoms with Gasteiger partial charge in [0.2, 0.25) is 0 Å². The molecule has 0 radical (unpaired) electrons. The minimum Gasteiger partial charge on any atom is -0.314 e. The number of halogens is 2. The lowest BCUT2D eigenvalue weighted by Gasteiger charge is -2.05. The molecule has 7 nitrogen and oxygen atoms in total. The Kier molecular flexibility index (Phi) is 3.55. The summed E-state index contributed by atoms with van der Waals surface area (Å²) in [4.78, 5) is 7.27. The van der Waals surface area contributed by atoms with Crippen LogP contribution in [0.2, 0.25) is 5.15 Å². The average molecular weight is 354 g/mol. The molecule has 1 N–H and O–H groups in total. The summed E-state index contributed by atoms with van der Waals surface area (Å²) in [7, 11) is -3.92. The Hall–Kier alpha value is -1.19. The van der Waals surface area contributed by atoms with Gasteiger partial charge in [0.05, 0.1) is 0 Å². The maximum Gasteiger partial charge on any atom is 0.335 e. The van der Waals surface area contributed by atoms with Gasteiger partial charge in [-0.2, -0.15) is 4.98 Å². The zero-order chi connectivity index (χ0) is 13.3. The molecule has 0 amide bonds. The number of pyridine rings is 1. The molecule has 18 heavy (non-hydrogen) atoms. The fourth-order valence-electron chi connectivity index (χ4n) is 1.10. The van der Waals surface area contributed by atoms with E-state index in [2.05, 4.69) is 40.3 Å². The molecule has 2 aromatic rings. The van der Waals surface area contributed by atoms with Crippen LogP contribution in [0.3, 0.4) is 0 Å². The zero-order valence-electron chi connectivity index (χ0n) is 8.89. The van der Waals surface area contributed by atoms with Crippen LogP contribution in [0.4, 0.5) is 6.01 Å². The van der Waals surface area contributed by atoms with Crippen molar-refractivity contribution < 1.29 is 12.9 Å². The van der Waals surface area contributed by atoms with Gasteiger partial charge in [0.25, 0.3) is 10.0 Å². The van der Waals surface area contributed by atoms with Crippen LogP contribution in [0.25, 0.3) is 0 Å². The van der Waals surface area contributed by atoms with Crippen molar-refractivity contribution in [3.63, 3.8) is 0 Å². The monoisotopic (exact) mass is 352 g/mol. The highest BCUT2D eigenvalue weighted by molar-refractivity contribution is 9.10. The van der Waals surface area contributed by atoms with Crippen molar-refractivity contribution >= 4 is 43.6 Å². The van der Waals surface area contributed by atoms with Gasteiger partial charge in [0.1, 0.15) is 10.0 Å². The molecule has 0 atom stereocenters. The van der Waals surface area contributed by atoms with Crippen molar-refractivity contribution in [2.75, 3.05) is 4.72 Å². The number of hydrogen-bond donors (Lipinski definition) is 1. The second kappa shape index (κ2) is 4.82. The lowest BCUT2D eigenvalue weighted by atomic mass is 10.5. The minimum atomic E-state index is -3.92. The summed E-state index contributed by atoms with van der Waals surface area (Å²) < 4.78 is 31.3. The van der Waals surface area contributed by atoms with Crippen LogP contribution in [-0.2, 0) is 10.0 Å². The van der Waals surface area contributed by atoms with Gasteiger partial charge >= 0.3 is 6.01 Å². The van der Waals surface area contributed by atoms with Gasteiger partial charge in [-0.3, -0.25) is 0 Å². The quantitative estimate of drug-likeness (QED) is 0.847. The van der Waals surface area contributed by atoms with E-state index in [1.165, 1.54) is 12.3 Å². The lowest BCUT2D eigenvalue weighted by molar-refractivity contribution is 0.429. The first-order valence-electron chi connectivity index (χ1n) is 4.52. The van der Waals surface area contributed by atoms with E-state index in [0.29, 0.717) is 10.3 Å². The maximum absolute atomic E-state index is 12.0. The first-order valence-corrected chi connectivity index (χ1v) is 7.18. The number of nitrogens with one attached hydrogen (secondary N) is 1. The number of aromatic nitrogens is 3. The van der Waals surface area contributed by atoms with Gasteiger partial charge in [-0.25, -0.2) is 18.1 Å². The summed E-state index contributed by atoms with van der Waals surface area (Å²) in [6.07, 6.45) is 1.39. The molecule has 0 spiro atoms. The van der Waals surface area contributed by atoms with Crippen molar-refractivity contribution in [1.29, 1.82) is 0 Å². The Morgan fingerprint density at radius 1 is 1.50 bits per heavy atom. The Morgan fingerprint density at radius 2 is 2.22 bits per heavy atom. The highest BCUT2D eigenvalue weighted by atomic mass is 79.9. The lowest BCUT2D eigenvalue weighted by Crippen LogP contribution is -2.14. The molecule has 0 unspecified atom stereocenters. The molecule has 0 aromatic carbocycles. The van der Waals surface area contributed by atoms with Crippen LogP contribution in [0.5, 0.6) is 0 Å². The fourth-order valence-corrected chi connectivity index (χ4v) is 2.97. The molecule has 0 fully saturated rings. The van der Waals surface area contributed by atoms with Gasteiger partial charge in [0, 0.05) is 10.7 Å². The van der Waals surface area contributed by atoms with Crippen molar-refractivity contribution in [3.8, 4) is 0 Å². The van der Waals surface area contributed by atoms with Gasteiger partial charge in [-0.1, -0.05) is 16.8 Å². The molecular formula is C8H6BrClN4O3S. The smallest absolute Gasteiger partial charge is 0.314 e. The SMILES string of the molecule is Cc1noc(NS(=O)(=O)c2cc(Br)cnc2Cl)n1. The molecule has 2 aromatic heterocycles. The summed E-state index contributed by atoms with van der Waals surface area (Å²) in [6, 6.07) is 1.09. The number of rotatable bonds is 3. The Balaban J connectivity index is 2.39. The summed E-state index contributed by atoms with van der Waals surface area (Å²) in [6.45, 7) is 1.56. The molecular weight excluding hydrogens is 348 g/mol. The third kappa shape index (κ3) is 2.79. The van der Waals surface area contributed by atoms with E-state index >= 15 is 0 Å². The van der Waals surface area contributed by atoms with Crippen LogP contribution in [-0.4, -0.2) is 23.5 Å². The van der Waals surface area contributed by atoms with E-state index in [-0.39, 0.29) is 16.1 Å². The number of nitrogens with zero attached hydrogens (tertiary/aromatic N) is 3. The first-order chi connectivity index (χ1) is 8.38. The normalized spacial score (nSPS) is 11.5. The molecule has 0 aliphatic carbocycles. The van der Waals surface area contributed by atoms with Gasteiger partial charge in [0.15, 0.2) is 5.82 Å². The summed E-state index contributed by atoms with van der Waals surface area (Å²) in [5, 5.41) is 3.31. The molecule has 0 saturated carbocycles. The summed E-state index contributed by atoms with van der Waals surface area (Å²) in [5.41, 5.74) is 0. The van der Waals surface area contributed by atoms with Crippen LogP contribution in [0, 0.1) is 6.92 Å². The summed E-state index contributed by atoms with van der Waals surface area (Å²) in [5.74, 6) is 0.311. The van der Waals surface area contributed by atoms with Crippen molar-refractivity contribution in [2.45, 2.75) is 11.8 Å². The average Bonchev–Trinajstić information content (AvgIpc) is 2.66. The van der Waals surface area contributed by atoms with E-state index < -0.39 is 10.0 Å². The second-order valence-electron chi connectivity index (χ2n) is 3.19. The standard InChI is InChI=1S/C8H6BrClN4O3S/c1-4-12-8(17-13-4)14-18(15,16)6-2-5(9)3-11-7(6)10/h2-3H,1H3,(H,12,13,14). The Labute approximate surface area is 116 Å². The highest BCUT2D eigenvalue weighted by Crippen LogP contribution is 2.24. The zero-order valence-corrected chi connectivity index (χ0v) is 12.0. The predicted octanol–water partition coefficient (Wildman–Crippen LogP) is 1.99. The summed E-state index contributed by atoms with van der Waals surface area (Å²) >= 11 is 8.85. The highest BCUT2D eigenvalue weighted by Gasteiger charge is 2.21. The van der Waals surface area contributed by atoms with Crippen molar-refractivity contribution in [1.82, 2.24) is 15.1 Å². The van der Waals surface area contributed by atoms with Crippen LogP contribution < -0.4 is 4.72 Å². The van der Waals surface area contributed by atoms with Gasteiger partial charge < -0.3 is 4.52 Å². The maximum atomic E-state index is 12.0. The Morgan fingerprint density at radius 3 is 2.83 bits per heavy atom. The third-order valence-corrected chi connectivity index (χ3v) is 3.99. The van der Waals surface area contributed by atoms with E-state index in [0.717, 1.165) is 0 Å². The first kappa shape index (κ1) is 13.2. The molecule has 0 bridgehead atoms. The molecule has 0 aliphatic rings. The van der Waals surface area contributed by atoms with Gasteiger partial charge in [-0.15, -0.1) is 0 Å². The number of aryl methyl sites for hydroxylation is 1. The van der Waals surface area contributed by atoms with E-state index in [1.807, 2.05) is 0 Å². The molecule has 0 saturated heterocycles. The Bertz CT molecular complexity index is 687. The molecule has 0 aliphatic heterocycles. The van der Waals surface area contributed by atoms with Crippen molar-refractivity contribution in [2.24, 2.45) is 0 Å². The van der Waals surface area contributed by atoms with Crippen LogP contribution >= 0.6 is 27.5 Å². The van der Waals surface area contributed by atoms with Crippen LogP contribution in [0.1, 0.15) is 5.82 Å². The van der Waals surface area contributed by atoms with E-state index in [4.69, 9.17) is 11.6 Å². The fraction of sp³-hybridized carbons (Fsp3) is 0.125. The van der Waals surface area contributed by atoms with E-state index in [1.54, 1.807) is 6.92 Å². The largest absolute Gasteiger partial charge is 0.335 e. The predicted molar refractivity (Wildman–Crippen MR) is 66.8 cm³/mol.